The number of carbonyl (C=O) groups is 2. The fourth-order valence-corrected chi connectivity index (χ4v) is 3.35. The minimum atomic E-state index is -0.0667. The molecule has 0 unspecified atom stereocenters. The van der Waals surface area contributed by atoms with E-state index in [2.05, 4.69) is 10.3 Å². The molecule has 1 aliphatic carbocycles. The Morgan fingerprint density at radius 1 is 1.27 bits per heavy atom. The van der Waals surface area contributed by atoms with E-state index < -0.39 is 0 Å². The Labute approximate surface area is 133 Å². The highest BCUT2D eigenvalue weighted by Gasteiger charge is 2.25. The third kappa shape index (κ3) is 3.25. The van der Waals surface area contributed by atoms with E-state index in [1.807, 2.05) is 36.6 Å². The standard InChI is InChI=1S/C17H18N2O2S/c1-11-18-16(10-22-11)14-4-2-3-5-15(14)19-17(21)12-6-8-13(20)9-7-12/h2-5,10,12H,6-9H2,1H3,(H,19,21). The molecule has 1 N–H and O–H groups in total. The van der Waals surface area contributed by atoms with Gasteiger partial charge in [0.1, 0.15) is 5.78 Å². The molecule has 3 rings (SSSR count). The molecule has 0 aliphatic heterocycles. The molecule has 1 saturated carbocycles. The Bertz CT molecular complexity index is 698. The third-order valence-corrected chi connectivity index (χ3v) is 4.77. The summed E-state index contributed by atoms with van der Waals surface area (Å²) >= 11 is 1.59. The highest BCUT2D eigenvalue weighted by molar-refractivity contribution is 7.09. The Morgan fingerprint density at radius 3 is 2.68 bits per heavy atom. The number of anilines is 1. The molecule has 1 aliphatic rings. The number of para-hydroxylation sites is 1. The first-order valence-electron chi connectivity index (χ1n) is 7.47. The van der Waals surface area contributed by atoms with Crippen LogP contribution >= 0.6 is 11.3 Å². The first-order valence-corrected chi connectivity index (χ1v) is 8.35. The zero-order valence-corrected chi connectivity index (χ0v) is 13.3. The molecule has 114 valence electrons. The van der Waals surface area contributed by atoms with Gasteiger partial charge in [-0.15, -0.1) is 11.3 Å². The first-order chi connectivity index (χ1) is 10.6. The van der Waals surface area contributed by atoms with E-state index in [1.54, 1.807) is 11.3 Å². The van der Waals surface area contributed by atoms with Gasteiger partial charge in [-0.25, -0.2) is 4.98 Å². The number of thiazole rings is 1. The minimum Gasteiger partial charge on any atom is -0.325 e. The first kappa shape index (κ1) is 14.9. The average molecular weight is 314 g/mol. The van der Waals surface area contributed by atoms with E-state index in [0.717, 1.165) is 22.0 Å². The van der Waals surface area contributed by atoms with Crippen molar-refractivity contribution >= 4 is 28.7 Å². The predicted octanol–water partition coefficient (Wildman–Crippen LogP) is 3.82. The molecule has 1 amide bonds. The quantitative estimate of drug-likeness (QED) is 0.937. The molecule has 0 spiro atoms. The largest absolute Gasteiger partial charge is 0.325 e. The molecule has 1 aromatic heterocycles. The topological polar surface area (TPSA) is 59.1 Å². The summed E-state index contributed by atoms with van der Waals surface area (Å²) in [6.07, 6.45) is 2.35. The maximum absolute atomic E-state index is 12.4. The molecule has 1 fully saturated rings. The number of aryl methyl sites for hydroxylation is 1. The lowest BCUT2D eigenvalue weighted by molar-refractivity contribution is -0.125. The van der Waals surface area contributed by atoms with Crippen LogP contribution in [0.1, 0.15) is 30.7 Å². The van der Waals surface area contributed by atoms with Gasteiger partial charge in [0.25, 0.3) is 0 Å². The van der Waals surface area contributed by atoms with Gasteiger partial charge in [-0.2, -0.15) is 0 Å². The van der Waals surface area contributed by atoms with E-state index in [9.17, 15) is 9.59 Å². The number of rotatable bonds is 3. The number of benzene rings is 1. The number of hydrogen-bond donors (Lipinski definition) is 1. The van der Waals surface area contributed by atoms with Crippen molar-refractivity contribution in [3.8, 4) is 11.3 Å². The fraction of sp³-hybridized carbons (Fsp3) is 0.353. The van der Waals surface area contributed by atoms with Crippen LogP contribution in [0.15, 0.2) is 29.6 Å². The Morgan fingerprint density at radius 2 is 2.00 bits per heavy atom. The van der Waals surface area contributed by atoms with E-state index in [1.165, 1.54) is 0 Å². The Hall–Kier alpha value is -2.01. The van der Waals surface area contributed by atoms with Crippen LogP contribution in [0.2, 0.25) is 0 Å². The van der Waals surface area contributed by atoms with Crippen LogP contribution in [0.4, 0.5) is 5.69 Å². The highest BCUT2D eigenvalue weighted by atomic mass is 32.1. The van der Waals surface area contributed by atoms with Gasteiger partial charge in [0.2, 0.25) is 5.91 Å². The molecule has 22 heavy (non-hydrogen) atoms. The van der Waals surface area contributed by atoms with Gasteiger partial charge in [-0.1, -0.05) is 18.2 Å². The van der Waals surface area contributed by atoms with Crippen molar-refractivity contribution < 1.29 is 9.59 Å². The van der Waals surface area contributed by atoms with Crippen molar-refractivity contribution in [3.05, 3.63) is 34.7 Å². The van der Waals surface area contributed by atoms with Crippen molar-refractivity contribution in [2.24, 2.45) is 5.92 Å². The summed E-state index contributed by atoms with van der Waals surface area (Å²) in [5.41, 5.74) is 2.61. The van der Waals surface area contributed by atoms with Crippen molar-refractivity contribution in [1.29, 1.82) is 0 Å². The summed E-state index contributed by atoms with van der Waals surface area (Å²) in [6.45, 7) is 1.97. The fourth-order valence-electron chi connectivity index (χ4n) is 2.74. The third-order valence-electron chi connectivity index (χ3n) is 3.99. The van der Waals surface area contributed by atoms with E-state index in [4.69, 9.17) is 0 Å². The zero-order valence-electron chi connectivity index (χ0n) is 12.5. The number of ketones is 1. The highest BCUT2D eigenvalue weighted by Crippen LogP contribution is 2.30. The number of nitrogens with zero attached hydrogens (tertiary/aromatic N) is 1. The summed E-state index contributed by atoms with van der Waals surface area (Å²) in [5, 5.41) is 6.02. The number of nitrogens with one attached hydrogen (secondary N) is 1. The van der Waals surface area contributed by atoms with E-state index in [-0.39, 0.29) is 17.6 Å². The lowest BCUT2D eigenvalue weighted by Gasteiger charge is -2.20. The molecule has 0 bridgehead atoms. The zero-order chi connectivity index (χ0) is 15.5. The molecule has 1 aromatic carbocycles. The molecular weight excluding hydrogens is 296 g/mol. The maximum atomic E-state index is 12.4. The van der Waals surface area contributed by atoms with Crippen LogP contribution in [0.3, 0.4) is 0 Å². The van der Waals surface area contributed by atoms with Crippen molar-refractivity contribution in [2.75, 3.05) is 5.32 Å². The van der Waals surface area contributed by atoms with Gasteiger partial charge in [0.05, 0.1) is 16.4 Å². The van der Waals surface area contributed by atoms with Crippen molar-refractivity contribution in [1.82, 2.24) is 4.98 Å². The SMILES string of the molecule is Cc1nc(-c2ccccc2NC(=O)C2CCC(=O)CC2)cs1. The predicted molar refractivity (Wildman–Crippen MR) is 87.9 cm³/mol. The van der Waals surface area contributed by atoms with Crippen molar-refractivity contribution in [3.63, 3.8) is 0 Å². The molecule has 1 heterocycles. The summed E-state index contributed by atoms with van der Waals surface area (Å²) in [5.74, 6) is 0.206. The molecule has 2 aromatic rings. The second-order valence-electron chi connectivity index (χ2n) is 5.60. The molecule has 4 nitrogen and oxygen atoms in total. The Balaban J connectivity index is 1.78. The van der Waals surface area contributed by atoms with Gasteiger partial charge in [0, 0.05) is 29.7 Å². The number of carbonyl (C=O) groups excluding carboxylic acids is 2. The second-order valence-corrected chi connectivity index (χ2v) is 6.66. The van der Waals surface area contributed by atoms with Gasteiger partial charge < -0.3 is 5.32 Å². The number of aromatic nitrogens is 1. The Kier molecular flexibility index (Phi) is 4.34. The summed E-state index contributed by atoms with van der Waals surface area (Å²) in [4.78, 5) is 28.2. The maximum Gasteiger partial charge on any atom is 0.227 e. The van der Waals surface area contributed by atoms with Gasteiger partial charge in [0.15, 0.2) is 0 Å². The van der Waals surface area contributed by atoms with Crippen LogP contribution in [-0.2, 0) is 9.59 Å². The normalized spacial score (nSPS) is 15.8. The van der Waals surface area contributed by atoms with Crippen LogP contribution < -0.4 is 5.32 Å². The average Bonchev–Trinajstić information content (AvgIpc) is 2.95. The molecule has 5 heteroatoms. The number of Topliss-reactive ketones (excluding diaryl/α,β-unsaturated/α-hetero) is 1. The monoisotopic (exact) mass is 314 g/mol. The second kappa shape index (κ2) is 6.40. The summed E-state index contributed by atoms with van der Waals surface area (Å²) in [6, 6.07) is 7.71. The smallest absolute Gasteiger partial charge is 0.227 e. The lowest BCUT2D eigenvalue weighted by Crippen LogP contribution is -2.27. The lowest BCUT2D eigenvalue weighted by atomic mass is 9.88. The van der Waals surface area contributed by atoms with E-state index in [0.29, 0.717) is 25.7 Å². The van der Waals surface area contributed by atoms with Crippen LogP contribution in [-0.4, -0.2) is 16.7 Å². The van der Waals surface area contributed by atoms with Crippen LogP contribution in [0.5, 0.6) is 0 Å². The van der Waals surface area contributed by atoms with Gasteiger partial charge in [-0.3, -0.25) is 9.59 Å². The van der Waals surface area contributed by atoms with Crippen molar-refractivity contribution in [2.45, 2.75) is 32.6 Å². The minimum absolute atomic E-state index is 0.00639. The van der Waals surface area contributed by atoms with Crippen LogP contribution in [0.25, 0.3) is 11.3 Å². The molecule has 0 radical (unpaired) electrons. The summed E-state index contributed by atoms with van der Waals surface area (Å²) in [7, 11) is 0. The number of amides is 1. The molecular formula is C17H18N2O2S. The molecule has 0 atom stereocenters. The van der Waals surface area contributed by atoms with Gasteiger partial charge in [-0.05, 0) is 25.8 Å². The molecule has 0 saturated heterocycles. The van der Waals surface area contributed by atoms with Crippen LogP contribution in [0, 0.1) is 12.8 Å². The van der Waals surface area contributed by atoms with E-state index >= 15 is 0 Å². The van der Waals surface area contributed by atoms with Gasteiger partial charge >= 0.3 is 0 Å². The number of hydrogen-bond acceptors (Lipinski definition) is 4. The summed E-state index contributed by atoms with van der Waals surface area (Å²) < 4.78 is 0.